The Hall–Kier alpha value is -1.92. The predicted molar refractivity (Wildman–Crippen MR) is 112 cm³/mol. The van der Waals surface area contributed by atoms with Crippen LogP contribution in [-0.2, 0) is 6.42 Å². The van der Waals surface area contributed by atoms with E-state index in [1.165, 1.54) is 0 Å². The minimum Gasteiger partial charge on any atom is -0.339 e. The van der Waals surface area contributed by atoms with E-state index in [1.54, 1.807) is 0 Å². The maximum Gasteiger partial charge on any atom is 0.253 e. The Kier molecular flexibility index (Phi) is 6.56. The first-order chi connectivity index (χ1) is 12.5. The van der Waals surface area contributed by atoms with Crippen molar-refractivity contribution in [2.45, 2.75) is 53.5 Å². The summed E-state index contributed by atoms with van der Waals surface area (Å²) in [5.41, 5.74) is 7.61. The van der Waals surface area contributed by atoms with Crippen molar-refractivity contribution < 1.29 is 9.32 Å². The second-order valence-corrected chi connectivity index (χ2v) is 9.44. The first kappa shape index (κ1) is 22.4. The number of aromatic nitrogens is 2. The van der Waals surface area contributed by atoms with Crippen LogP contribution in [0.15, 0.2) is 28.8 Å². The minimum atomic E-state index is -0.0823. The lowest BCUT2D eigenvalue weighted by Gasteiger charge is -2.42. The van der Waals surface area contributed by atoms with Crippen molar-refractivity contribution >= 4 is 18.3 Å². The van der Waals surface area contributed by atoms with Crippen LogP contribution in [0, 0.1) is 10.8 Å². The number of nitrogens with two attached hydrogens (primary N) is 1. The van der Waals surface area contributed by atoms with E-state index in [-0.39, 0.29) is 35.2 Å². The van der Waals surface area contributed by atoms with E-state index in [2.05, 4.69) is 44.8 Å². The molecule has 0 spiro atoms. The fourth-order valence-electron chi connectivity index (χ4n) is 3.42. The number of amides is 1. The van der Waals surface area contributed by atoms with Gasteiger partial charge in [-0.15, -0.1) is 12.4 Å². The molecule has 28 heavy (non-hydrogen) atoms. The average molecular weight is 407 g/mol. The highest BCUT2D eigenvalue weighted by Crippen LogP contribution is 2.29. The smallest absolute Gasteiger partial charge is 0.253 e. The van der Waals surface area contributed by atoms with Gasteiger partial charge in [-0.1, -0.05) is 51.9 Å². The molecule has 7 heteroatoms. The molecule has 1 aromatic carbocycles. The molecule has 3 rings (SSSR count). The number of halogens is 1. The van der Waals surface area contributed by atoms with Crippen LogP contribution in [0.4, 0.5) is 0 Å². The average Bonchev–Trinajstić information content (AvgIpc) is 3.03. The summed E-state index contributed by atoms with van der Waals surface area (Å²) >= 11 is 0. The van der Waals surface area contributed by atoms with Gasteiger partial charge in [-0.2, -0.15) is 4.98 Å². The lowest BCUT2D eigenvalue weighted by molar-refractivity contribution is 0.0533. The van der Waals surface area contributed by atoms with E-state index in [0.29, 0.717) is 36.8 Å². The predicted octanol–water partition coefficient (Wildman–Crippen LogP) is 3.95. The van der Waals surface area contributed by atoms with E-state index in [9.17, 15) is 4.79 Å². The Bertz CT molecular complexity index is 826. The van der Waals surface area contributed by atoms with Gasteiger partial charge in [0.05, 0.1) is 0 Å². The van der Waals surface area contributed by atoms with Crippen LogP contribution >= 0.6 is 12.4 Å². The number of likely N-dealkylation sites (tertiary alicyclic amines) is 1. The third kappa shape index (κ3) is 5.11. The first-order valence-corrected chi connectivity index (χ1v) is 9.53. The molecule has 0 aliphatic carbocycles. The highest BCUT2D eigenvalue weighted by atomic mass is 35.5. The molecule has 1 saturated heterocycles. The summed E-state index contributed by atoms with van der Waals surface area (Å²) in [5.74, 6) is 1.15. The number of carbonyl (C=O) groups excluding carboxylic acids is 1. The third-order valence-electron chi connectivity index (χ3n) is 5.12. The highest BCUT2D eigenvalue weighted by Gasteiger charge is 2.35. The Morgan fingerprint density at radius 3 is 2.71 bits per heavy atom. The summed E-state index contributed by atoms with van der Waals surface area (Å²) in [5, 5.41) is 4.09. The SMILES string of the molecule is CC(C)(C)Cc1nc(-c2cccc(C(=O)N3CCC(N)C(C)(C)C3)c2)no1.Cl. The number of carbonyl (C=O) groups is 1. The van der Waals surface area contributed by atoms with E-state index < -0.39 is 0 Å². The van der Waals surface area contributed by atoms with Crippen molar-refractivity contribution in [3.8, 4) is 11.4 Å². The molecule has 1 fully saturated rings. The molecule has 1 aliphatic heterocycles. The number of hydrogen-bond donors (Lipinski definition) is 1. The number of hydrogen-bond acceptors (Lipinski definition) is 5. The van der Waals surface area contributed by atoms with Gasteiger partial charge in [0.2, 0.25) is 11.7 Å². The van der Waals surface area contributed by atoms with Crippen molar-refractivity contribution in [3.05, 3.63) is 35.7 Å². The fourth-order valence-corrected chi connectivity index (χ4v) is 3.42. The molecule has 0 radical (unpaired) electrons. The molecule has 0 bridgehead atoms. The van der Waals surface area contributed by atoms with Gasteiger partial charge in [0.1, 0.15) is 0 Å². The molecule has 0 saturated carbocycles. The van der Waals surface area contributed by atoms with Crippen LogP contribution in [0.5, 0.6) is 0 Å². The van der Waals surface area contributed by atoms with Crippen LogP contribution in [0.25, 0.3) is 11.4 Å². The lowest BCUT2D eigenvalue weighted by Crippen LogP contribution is -2.54. The van der Waals surface area contributed by atoms with E-state index in [0.717, 1.165) is 12.0 Å². The van der Waals surface area contributed by atoms with E-state index in [4.69, 9.17) is 10.3 Å². The second-order valence-electron chi connectivity index (χ2n) is 9.44. The van der Waals surface area contributed by atoms with Gasteiger partial charge in [-0.3, -0.25) is 4.79 Å². The van der Waals surface area contributed by atoms with Gasteiger partial charge in [0.25, 0.3) is 5.91 Å². The van der Waals surface area contributed by atoms with Crippen molar-refractivity contribution in [1.29, 1.82) is 0 Å². The maximum atomic E-state index is 13.0. The topological polar surface area (TPSA) is 85.2 Å². The monoisotopic (exact) mass is 406 g/mol. The van der Waals surface area contributed by atoms with Gasteiger partial charge in [-0.25, -0.2) is 0 Å². The highest BCUT2D eigenvalue weighted by molar-refractivity contribution is 5.95. The summed E-state index contributed by atoms with van der Waals surface area (Å²) in [6.07, 6.45) is 1.53. The molecular weight excluding hydrogens is 376 g/mol. The van der Waals surface area contributed by atoms with Crippen molar-refractivity contribution in [2.24, 2.45) is 16.6 Å². The molecule has 1 aromatic heterocycles. The Morgan fingerprint density at radius 2 is 2.07 bits per heavy atom. The van der Waals surface area contributed by atoms with E-state index >= 15 is 0 Å². The van der Waals surface area contributed by atoms with Crippen LogP contribution in [-0.4, -0.2) is 40.1 Å². The molecule has 6 nitrogen and oxygen atoms in total. The molecule has 1 atom stereocenters. The van der Waals surface area contributed by atoms with E-state index in [1.807, 2.05) is 29.2 Å². The summed E-state index contributed by atoms with van der Waals surface area (Å²) in [6, 6.07) is 7.56. The number of nitrogens with zero attached hydrogens (tertiary/aromatic N) is 3. The maximum absolute atomic E-state index is 13.0. The molecule has 2 N–H and O–H groups in total. The van der Waals surface area contributed by atoms with Gasteiger partial charge in [-0.05, 0) is 29.4 Å². The first-order valence-electron chi connectivity index (χ1n) is 9.53. The zero-order valence-electron chi connectivity index (χ0n) is 17.4. The zero-order chi connectivity index (χ0) is 19.8. The second kappa shape index (κ2) is 8.21. The summed E-state index contributed by atoms with van der Waals surface area (Å²) in [7, 11) is 0. The fraction of sp³-hybridized carbons (Fsp3) is 0.571. The summed E-state index contributed by atoms with van der Waals surface area (Å²) < 4.78 is 5.38. The summed E-state index contributed by atoms with van der Waals surface area (Å²) in [6.45, 7) is 12.0. The Labute approximate surface area is 173 Å². The number of piperidine rings is 1. The van der Waals surface area contributed by atoms with Crippen LogP contribution < -0.4 is 5.73 Å². The number of rotatable bonds is 3. The molecular formula is C21H31ClN4O2. The zero-order valence-corrected chi connectivity index (χ0v) is 18.2. The van der Waals surface area contributed by atoms with Crippen molar-refractivity contribution in [2.75, 3.05) is 13.1 Å². The van der Waals surface area contributed by atoms with Crippen LogP contribution in [0.3, 0.4) is 0 Å². The minimum absolute atomic E-state index is 0. The van der Waals surface area contributed by atoms with Crippen LogP contribution in [0.2, 0.25) is 0 Å². The molecule has 1 amide bonds. The molecule has 2 aromatic rings. The lowest BCUT2D eigenvalue weighted by atomic mass is 9.79. The Morgan fingerprint density at radius 1 is 1.36 bits per heavy atom. The van der Waals surface area contributed by atoms with Gasteiger partial charge in [0.15, 0.2) is 0 Å². The quantitative estimate of drug-likeness (QED) is 0.834. The van der Waals surface area contributed by atoms with Gasteiger partial charge < -0.3 is 15.2 Å². The molecule has 1 unspecified atom stereocenters. The van der Waals surface area contributed by atoms with Crippen molar-refractivity contribution in [3.63, 3.8) is 0 Å². The Balaban J connectivity index is 0.00000280. The van der Waals surface area contributed by atoms with Gasteiger partial charge in [0, 0.05) is 36.7 Å². The standard InChI is InChI=1S/C21H30N4O2.ClH/c1-20(2,3)12-17-23-18(24-27-17)14-7-6-8-15(11-14)19(26)25-10-9-16(22)21(4,5)13-25;/h6-8,11,16H,9-10,12-13,22H2,1-5H3;1H. The van der Waals surface area contributed by atoms with Crippen LogP contribution in [0.1, 0.15) is 57.3 Å². The molecule has 154 valence electrons. The molecule has 1 aliphatic rings. The third-order valence-corrected chi connectivity index (χ3v) is 5.12. The summed E-state index contributed by atoms with van der Waals surface area (Å²) in [4.78, 5) is 19.4. The largest absolute Gasteiger partial charge is 0.339 e. The normalized spacial score (nSPS) is 19.2. The molecule has 2 heterocycles. The number of benzene rings is 1. The van der Waals surface area contributed by atoms with Gasteiger partial charge >= 0.3 is 0 Å². The van der Waals surface area contributed by atoms with Crippen molar-refractivity contribution in [1.82, 2.24) is 15.0 Å².